The van der Waals surface area contributed by atoms with E-state index in [1.165, 1.54) is 0 Å². The molecule has 0 aliphatic heterocycles. The first-order valence-corrected chi connectivity index (χ1v) is 8.66. The molecule has 2 rings (SSSR count). The van der Waals surface area contributed by atoms with Crippen molar-refractivity contribution in [1.82, 2.24) is 10.6 Å². The van der Waals surface area contributed by atoms with Gasteiger partial charge in [-0.25, -0.2) is 4.79 Å². The van der Waals surface area contributed by atoms with Crippen molar-refractivity contribution < 1.29 is 9.59 Å². The monoisotopic (exact) mass is 354 g/mol. The number of nitrogens with one attached hydrogen (secondary N) is 4. The van der Waals surface area contributed by atoms with Gasteiger partial charge in [0.05, 0.1) is 0 Å². The summed E-state index contributed by atoms with van der Waals surface area (Å²) in [5.74, 6) is -0.290. The Hall–Kier alpha value is -2.86. The topological polar surface area (TPSA) is 82.3 Å². The molecule has 0 spiro atoms. The van der Waals surface area contributed by atoms with Crippen LogP contribution in [-0.4, -0.2) is 24.0 Å². The van der Waals surface area contributed by atoms with Crippen LogP contribution in [-0.2, 0) is 11.3 Å². The Morgan fingerprint density at radius 1 is 0.923 bits per heavy atom. The number of benzene rings is 2. The number of carbonyl (C=O) groups is 2. The fourth-order valence-electron chi connectivity index (χ4n) is 2.34. The van der Waals surface area contributed by atoms with Crippen LogP contribution in [0.3, 0.4) is 0 Å². The summed E-state index contributed by atoms with van der Waals surface area (Å²) >= 11 is 0. The summed E-state index contributed by atoms with van der Waals surface area (Å²) in [5, 5.41) is 11.5. The molecular weight excluding hydrogens is 328 g/mol. The Morgan fingerprint density at radius 3 is 2.31 bits per heavy atom. The van der Waals surface area contributed by atoms with Gasteiger partial charge < -0.3 is 21.3 Å². The Labute approximate surface area is 154 Å². The normalized spacial score (nSPS) is 10.9. The Bertz CT molecular complexity index is 744. The van der Waals surface area contributed by atoms with Crippen LogP contribution in [0.4, 0.5) is 16.2 Å². The second-order valence-electron chi connectivity index (χ2n) is 6.50. The molecule has 0 saturated heterocycles. The van der Waals surface area contributed by atoms with Gasteiger partial charge in [-0.3, -0.25) is 4.79 Å². The van der Waals surface area contributed by atoms with Crippen LogP contribution in [0.1, 0.15) is 26.3 Å². The molecule has 3 amide bonds. The molecule has 6 heteroatoms. The lowest BCUT2D eigenvalue weighted by Gasteiger charge is -2.25. The number of rotatable bonds is 7. The second-order valence-corrected chi connectivity index (χ2v) is 6.50. The molecule has 0 aromatic heterocycles. The Kier molecular flexibility index (Phi) is 6.74. The predicted molar refractivity (Wildman–Crippen MR) is 105 cm³/mol. The van der Waals surface area contributed by atoms with Crippen molar-refractivity contribution in [3.63, 3.8) is 0 Å². The van der Waals surface area contributed by atoms with Crippen LogP contribution < -0.4 is 21.3 Å². The Morgan fingerprint density at radius 2 is 1.62 bits per heavy atom. The van der Waals surface area contributed by atoms with Gasteiger partial charge >= 0.3 is 6.03 Å². The van der Waals surface area contributed by atoms with Crippen molar-refractivity contribution >= 4 is 23.3 Å². The van der Waals surface area contributed by atoms with Gasteiger partial charge in [0.2, 0.25) is 5.91 Å². The zero-order chi connectivity index (χ0) is 19.0. The van der Waals surface area contributed by atoms with E-state index in [0.717, 1.165) is 18.7 Å². The van der Waals surface area contributed by atoms with E-state index >= 15 is 0 Å². The van der Waals surface area contributed by atoms with E-state index in [-0.39, 0.29) is 5.91 Å². The van der Waals surface area contributed by atoms with Gasteiger partial charge in [0.15, 0.2) is 0 Å². The number of anilines is 2. The van der Waals surface area contributed by atoms with Crippen molar-refractivity contribution in [2.75, 3.05) is 17.2 Å². The van der Waals surface area contributed by atoms with Gasteiger partial charge in [0.1, 0.15) is 5.54 Å². The first kappa shape index (κ1) is 19.5. The fourth-order valence-corrected chi connectivity index (χ4v) is 2.34. The molecule has 0 fully saturated rings. The summed E-state index contributed by atoms with van der Waals surface area (Å²) in [4.78, 5) is 24.7. The van der Waals surface area contributed by atoms with Gasteiger partial charge in [0, 0.05) is 17.9 Å². The average molecular weight is 354 g/mol. The molecule has 0 unspecified atom stereocenters. The molecule has 0 atom stereocenters. The number of amides is 3. The van der Waals surface area contributed by atoms with Crippen molar-refractivity contribution in [3.05, 3.63) is 60.2 Å². The van der Waals surface area contributed by atoms with Crippen LogP contribution in [0.15, 0.2) is 54.6 Å². The first-order chi connectivity index (χ1) is 12.4. The molecule has 0 aliphatic carbocycles. The lowest BCUT2D eigenvalue weighted by Crippen LogP contribution is -2.53. The van der Waals surface area contributed by atoms with Crippen molar-refractivity contribution in [1.29, 1.82) is 0 Å². The standard InChI is InChI=1S/C20H26N4O2/c1-4-21-14-15-9-8-12-17(13-15)22-18(25)20(2,3)24-19(26)23-16-10-6-5-7-11-16/h5-13,21H,4,14H2,1-3H3,(H,22,25)(H2,23,24,26). The summed E-state index contributed by atoms with van der Waals surface area (Å²) in [5.41, 5.74) is 1.37. The van der Waals surface area contributed by atoms with Gasteiger partial charge in [-0.15, -0.1) is 0 Å². The molecule has 0 saturated carbocycles. The van der Waals surface area contributed by atoms with E-state index < -0.39 is 11.6 Å². The summed E-state index contributed by atoms with van der Waals surface area (Å²) in [7, 11) is 0. The largest absolute Gasteiger partial charge is 0.324 e. The molecule has 0 radical (unpaired) electrons. The zero-order valence-corrected chi connectivity index (χ0v) is 15.4. The van der Waals surface area contributed by atoms with E-state index in [4.69, 9.17) is 0 Å². The fraction of sp³-hybridized carbons (Fsp3) is 0.300. The maximum atomic E-state index is 12.6. The number of carbonyl (C=O) groups excluding carboxylic acids is 2. The van der Waals surface area contributed by atoms with Crippen molar-refractivity contribution in [2.45, 2.75) is 32.9 Å². The van der Waals surface area contributed by atoms with Gasteiger partial charge in [-0.2, -0.15) is 0 Å². The molecular formula is C20H26N4O2. The van der Waals surface area contributed by atoms with Crippen LogP contribution in [0.25, 0.3) is 0 Å². The smallest absolute Gasteiger partial charge is 0.320 e. The molecule has 6 nitrogen and oxygen atoms in total. The number of hydrogen-bond acceptors (Lipinski definition) is 3. The highest BCUT2D eigenvalue weighted by molar-refractivity contribution is 6.01. The molecule has 26 heavy (non-hydrogen) atoms. The minimum atomic E-state index is -1.07. The van der Waals surface area contributed by atoms with Gasteiger partial charge in [0.25, 0.3) is 0 Å². The van der Waals surface area contributed by atoms with E-state index in [1.54, 1.807) is 26.0 Å². The molecule has 0 aliphatic rings. The highest BCUT2D eigenvalue weighted by atomic mass is 16.2. The quantitative estimate of drug-likeness (QED) is 0.615. The maximum absolute atomic E-state index is 12.6. The molecule has 4 N–H and O–H groups in total. The van der Waals surface area contributed by atoms with Crippen molar-refractivity contribution in [2.24, 2.45) is 0 Å². The number of hydrogen-bond donors (Lipinski definition) is 4. The van der Waals surface area contributed by atoms with E-state index in [9.17, 15) is 9.59 Å². The summed E-state index contributed by atoms with van der Waals surface area (Å²) in [6, 6.07) is 16.3. The minimum absolute atomic E-state index is 0.290. The summed E-state index contributed by atoms with van der Waals surface area (Å²) < 4.78 is 0. The second kappa shape index (κ2) is 9.01. The first-order valence-electron chi connectivity index (χ1n) is 8.66. The van der Waals surface area contributed by atoms with Gasteiger partial charge in [-0.05, 0) is 50.2 Å². The zero-order valence-electron chi connectivity index (χ0n) is 15.4. The number of para-hydroxylation sites is 1. The highest BCUT2D eigenvalue weighted by Crippen LogP contribution is 2.14. The molecule has 0 heterocycles. The lowest BCUT2D eigenvalue weighted by atomic mass is 10.0. The van der Waals surface area contributed by atoms with Crippen molar-refractivity contribution in [3.8, 4) is 0 Å². The third kappa shape index (κ3) is 5.89. The van der Waals surface area contributed by atoms with E-state index in [0.29, 0.717) is 11.4 Å². The summed E-state index contributed by atoms with van der Waals surface area (Å²) in [6.07, 6.45) is 0. The predicted octanol–water partition coefficient (Wildman–Crippen LogP) is 3.33. The third-order valence-electron chi connectivity index (χ3n) is 3.79. The summed E-state index contributed by atoms with van der Waals surface area (Å²) in [6.45, 7) is 6.98. The van der Waals surface area contributed by atoms with E-state index in [1.807, 2.05) is 49.4 Å². The van der Waals surface area contributed by atoms with Crippen LogP contribution in [0, 0.1) is 0 Å². The minimum Gasteiger partial charge on any atom is -0.324 e. The molecule has 2 aromatic carbocycles. The van der Waals surface area contributed by atoms with Gasteiger partial charge in [-0.1, -0.05) is 37.3 Å². The van der Waals surface area contributed by atoms with E-state index in [2.05, 4.69) is 21.3 Å². The lowest BCUT2D eigenvalue weighted by molar-refractivity contribution is -0.120. The van der Waals surface area contributed by atoms with Crippen LogP contribution >= 0.6 is 0 Å². The maximum Gasteiger partial charge on any atom is 0.320 e. The molecule has 138 valence electrons. The Balaban J connectivity index is 1.95. The molecule has 0 bridgehead atoms. The average Bonchev–Trinajstić information content (AvgIpc) is 2.60. The number of urea groups is 1. The third-order valence-corrected chi connectivity index (χ3v) is 3.79. The molecule has 2 aromatic rings. The van der Waals surface area contributed by atoms with Crippen LogP contribution in [0.2, 0.25) is 0 Å². The highest BCUT2D eigenvalue weighted by Gasteiger charge is 2.29. The van der Waals surface area contributed by atoms with Crippen LogP contribution in [0.5, 0.6) is 0 Å². The SMILES string of the molecule is CCNCc1cccc(NC(=O)C(C)(C)NC(=O)Nc2ccccc2)c1.